The van der Waals surface area contributed by atoms with Gasteiger partial charge in [0.25, 0.3) is 0 Å². The Morgan fingerprint density at radius 3 is 1.31 bits per heavy atom. The molecule has 4 aromatic rings. The van der Waals surface area contributed by atoms with Crippen molar-refractivity contribution in [1.82, 2.24) is 0 Å². The summed E-state index contributed by atoms with van der Waals surface area (Å²) in [6.07, 6.45) is 23.1. The van der Waals surface area contributed by atoms with Gasteiger partial charge in [0.2, 0.25) is 0 Å². The lowest BCUT2D eigenvalue weighted by atomic mass is 9.71. The van der Waals surface area contributed by atoms with E-state index in [1.807, 2.05) is 0 Å². The van der Waals surface area contributed by atoms with Crippen LogP contribution in [0.1, 0.15) is 108 Å². The molecule has 7 rings (SSSR count). The zero-order valence-electron chi connectivity index (χ0n) is 26.1. The van der Waals surface area contributed by atoms with E-state index in [-0.39, 0.29) is 0 Å². The molecule has 0 atom stereocenters. The van der Waals surface area contributed by atoms with E-state index >= 15 is 0 Å². The number of benzene rings is 4. The third-order valence-corrected chi connectivity index (χ3v) is 11.9. The highest BCUT2D eigenvalue weighted by Gasteiger charge is 2.29. The molecule has 0 aromatic heterocycles. The molecule has 0 unspecified atom stereocenters. The van der Waals surface area contributed by atoms with Crippen molar-refractivity contribution in [2.24, 2.45) is 29.6 Å². The fourth-order valence-corrected chi connectivity index (χ4v) is 9.55. The van der Waals surface area contributed by atoms with Crippen molar-refractivity contribution < 1.29 is 0 Å². The smallest absolute Gasteiger partial charge is 0.00643 e. The highest BCUT2D eigenvalue weighted by molar-refractivity contribution is 6.07. The van der Waals surface area contributed by atoms with Gasteiger partial charge in [-0.2, -0.15) is 0 Å². The molecule has 3 aliphatic rings. The van der Waals surface area contributed by atoms with Gasteiger partial charge in [0.15, 0.2) is 0 Å². The van der Waals surface area contributed by atoms with Crippen LogP contribution in [0, 0.1) is 29.6 Å². The molecule has 0 nitrogen and oxygen atoms in total. The number of aryl methyl sites for hydroxylation is 2. The molecule has 0 bridgehead atoms. The monoisotopic (exact) mass is 556 g/mol. The van der Waals surface area contributed by atoms with Crippen LogP contribution in [0.2, 0.25) is 0 Å². The van der Waals surface area contributed by atoms with Crippen molar-refractivity contribution >= 4 is 21.5 Å². The van der Waals surface area contributed by atoms with Crippen LogP contribution in [-0.2, 0) is 12.8 Å². The maximum atomic E-state index is 2.46. The number of hydrogen-bond donors (Lipinski definition) is 0. The minimum Gasteiger partial charge on any atom is -0.0654 e. The van der Waals surface area contributed by atoms with E-state index in [0.717, 1.165) is 29.6 Å². The van der Waals surface area contributed by atoms with Crippen LogP contribution in [0.15, 0.2) is 72.8 Å². The summed E-state index contributed by atoms with van der Waals surface area (Å²) in [5, 5.41) is 5.61. The maximum absolute atomic E-state index is 2.46. The van der Waals surface area contributed by atoms with Gasteiger partial charge >= 0.3 is 0 Å². The maximum Gasteiger partial charge on any atom is -0.00643 e. The Morgan fingerprint density at radius 2 is 0.857 bits per heavy atom. The first-order valence-corrected chi connectivity index (χ1v) is 17.8. The Hall–Kier alpha value is -2.60. The number of rotatable bonds is 6. The molecule has 0 heteroatoms. The van der Waals surface area contributed by atoms with Gasteiger partial charge < -0.3 is 0 Å². The Balaban J connectivity index is 1.06. The fourth-order valence-electron chi connectivity index (χ4n) is 9.55. The average molecular weight is 557 g/mol. The van der Waals surface area contributed by atoms with Gasteiger partial charge in [0.1, 0.15) is 0 Å². The van der Waals surface area contributed by atoms with E-state index in [9.17, 15) is 0 Å². The molecular formula is C42H52. The average Bonchev–Trinajstić information content (AvgIpc) is 3.11. The van der Waals surface area contributed by atoms with Crippen LogP contribution >= 0.6 is 0 Å². The lowest BCUT2D eigenvalue weighted by Crippen LogP contribution is -2.22. The Morgan fingerprint density at radius 1 is 0.452 bits per heavy atom. The molecule has 0 amide bonds. The first kappa shape index (κ1) is 28.2. The summed E-state index contributed by atoms with van der Waals surface area (Å²) in [5.41, 5.74) is 6.17. The molecule has 0 aliphatic heterocycles. The molecular weight excluding hydrogens is 504 g/mol. The molecule has 0 N–H and O–H groups in total. The van der Waals surface area contributed by atoms with Crippen LogP contribution in [0.4, 0.5) is 0 Å². The van der Waals surface area contributed by atoms with E-state index in [2.05, 4.69) is 79.7 Å². The molecule has 2 fully saturated rings. The van der Waals surface area contributed by atoms with Crippen LogP contribution in [-0.4, -0.2) is 0 Å². The third kappa shape index (κ3) is 6.06. The van der Waals surface area contributed by atoms with Crippen LogP contribution in [0.5, 0.6) is 0 Å². The van der Waals surface area contributed by atoms with Gasteiger partial charge in [0, 0.05) is 0 Å². The second kappa shape index (κ2) is 13.0. The Labute approximate surface area is 255 Å². The SMILES string of the molecule is CCCC1CCC(CC2CCC(CC3CCc4ccc5ccccc5c4-c4c(ccc5ccccc45)CC3)CC2)CC1. The van der Waals surface area contributed by atoms with Crippen LogP contribution in [0.25, 0.3) is 32.7 Å². The second-order valence-corrected chi connectivity index (χ2v) is 14.6. The lowest BCUT2D eigenvalue weighted by molar-refractivity contribution is 0.174. The van der Waals surface area contributed by atoms with Crippen molar-refractivity contribution in [1.29, 1.82) is 0 Å². The quantitative estimate of drug-likeness (QED) is 0.221. The Bertz CT molecular complexity index is 1390. The normalized spacial score (nSPS) is 25.4. The zero-order chi connectivity index (χ0) is 28.3. The van der Waals surface area contributed by atoms with Crippen molar-refractivity contribution in [3.05, 3.63) is 83.9 Å². The van der Waals surface area contributed by atoms with Gasteiger partial charge in [-0.25, -0.2) is 0 Å². The molecule has 0 saturated heterocycles. The highest BCUT2D eigenvalue weighted by atomic mass is 14.3. The van der Waals surface area contributed by atoms with Gasteiger partial charge in [0.05, 0.1) is 0 Å². The minimum atomic E-state index is 0.845. The van der Waals surface area contributed by atoms with Gasteiger partial charge in [-0.15, -0.1) is 0 Å². The van der Waals surface area contributed by atoms with Gasteiger partial charge in [-0.1, -0.05) is 144 Å². The van der Waals surface area contributed by atoms with E-state index in [0.29, 0.717) is 0 Å². The van der Waals surface area contributed by atoms with E-state index < -0.39 is 0 Å². The number of hydrogen-bond acceptors (Lipinski definition) is 0. The fraction of sp³-hybridized carbons (Fsp3) is 0.524. The summed E-state index contributed by atoms with van der Waals surface area (Å²) in [6.45, 7) is 2.37. The predicted molar refractivity (Wildman–Crippen MR) is 182 cm³/mol. The summed E-state index contributed by atoms with van der Waals surface area (Å²) in [4.78, 5) is 0. The first-order chi connectivity index (χ1) is 20.7. The van der Waals surface area contributed by atoms with Crippen molar-refractivity contribution in [2.75, 3.05) is 0 Å². The van der Waals surface area contributed by atoms with Crippen LogP contribution < -0.4 is 0 Å². The standard InChI is InChI=1S/C42H52/c1-2-7-30-12-14-31(15-13-30)28-32-16-18-33(19-17-32)29-34-20-22-37-26-24-35-8-3-5-10-39(35)41(37)42-38(23-21-34)27-25-36-9-4-6-11-40(36)42/h3-6,8-11,24-27,30-34H,2,7,12-23,28-29H2,1H3. The molecule has 42 heavy (non-hydrogen) atoms. The van der Waals surface area contributed by atoms with E-state index in [4.69, 9.17) is 0 Å². The van der Waals surface area contributed by atoms with Crippen molar-refractivity contribution in [2.45, 2.75) is 110 Å². The summed E-state index contributed by atoms with van der Waals surface area (Å²) in [6, 6.07) is 27.9. The summed E-state index contributed by atoms with van der Waals surface area (Å²) >= 11 is 0. The molecule has 4 aromatic carbocycles. The van der Waals surface area contributed by atoms with Crippen LogP contribution in [0.3, 0.4) is 0 Å². The molecule has 3 aliphatic carbocycles. The zero-order valence-corrected chi connectivity index (χ0v) is 26.1. The molecule has 0 spiro atoms. The van der Waals surface area contributed by atoms with Gasteiger partial charge in [-0.05, 0) is 112 Å². The lowest BCUT2D eigenvalue weighted by Gasteiger charge is -2.35. The summed E-state index contributed by atoms with van der Waals surface area (Å²) in [5.74, 6) is 4.92. The summed E-state index contributed by atoms with van der Waals surface area (Å²) < 4.78 is 0. The molecule has 220 valence electrons. The molecule has 2 saturated carbocycles. The Kier molecular flexibility index (Phi) is 8.69. The van der Waals surface area contributed by atoms with Crippen molar-refractivity contribution in [3.63, 3.8) is 0 Å². The van der Waals surface area contributed by atoms with E-state index in [1.165, 1.54) is 129 Å². The topological polar surface area (TPSA) is 0 Å². The van der Waals surface area contributed by atoms with Crippen molar-refractivity contribution in [3.8, 4) is 11.1 Å². The highest BCUT2D eigenvalue weighted by Crippen LogP contribution is 2.44. The number of fused-ring (bicyclic) bond motifs is 7. The second-order valence-electron chi connectivity index (χ2n) is 14.6. The largest absolute Gasteiger partial charge is 0.0654 e. The molecule has 0 heterocycles. The van der Waals surface area contributed by atoms with Gasteiger partial charge in [-0.3, -0.25) is 0 Å². The predicted octanol–water partition coefficient (Wildman–Crippen LogP) is 12.3. The van der Waals surface area contributed by atoms with E-state index in [1.54, 1.807) is 17.5 Å². The first-order valence-electron chi connectivity index (χ1n) is 17.8. The minimum absolute atomic E-state index is 0.845. The summed E-state index contributed by atoms with van der Waals surface area (Å²) in [7, 11) is 0. The third-order valence-electron chi connectivity index (χ3n) is 11.9. The molecule has 0 radical (unpaired) electrons.